The Labute approximate surface area is 96.7 Å². The van der Waals surface area contributed by atoms with Gasteiger partial charge in [0, 0.05) is 26.7 Å². The summed E-state index contributed by atoms with van der Waals surface area (Å²) in [5.41, 5.74) is 5.50. The zero-order valence-corrected chi connectivity index (χ0v) is 10.6. The van der Waals surface area contributed by atoms with Crippen molar-refractivity contribution in [1.82, 2.24) is 4.31 Å². The van der Waals surface area contributed by atoms with E-state index >= 15 is 0 Å². The van der Waals surface area contributed by atoms with Gasteiger partial charge in [-0.15, -0.1) is 0 Å². The number of sulfonamides is 1. The molecule has 0 saturated carbocycles. The fourth-order valence-corrected chi connectivity index (χ4v) is 3.14. The van der Waals surface area contributed by atoms with Crippen LogP contribution in [0.25, 0.3) is 0 Å². The van der Waals surface area contributed by atoms with Crippen LogP contribution in [0, 0.1) is 0 Å². The standard InChI is InChI=1S/C9H20N2O4S/c1-8-6-11(7-9(5-10)15-8)16(12,13)4-3-14-2/h8-9H,3-7,10H2,1-2H3. The molecule has 1 heterocycles. The summed E-state index contributed by atoms with van der Waals surface area (Å²) in [5, 5.41) is 0. The van der Waals surface area contributed by atoms with Crippen LogP contribution in [-0.2, 0) is 19.5 Å². The molecule has 0 amide bonds. The number of hydrogen-bond acceptors (Lipinski definition) is 5. The zero-order chi connectivity index (χ0) is 12.2. The van der Waals surface area contributed by atoms with E-state index in [2.05, 4.69) is 0 Å². The molecule has 2 unspecified atom stereocenters. The van der Waals surface area contributed by atoms with Crippen molar-refractivity contribution in [3.05, 3.63) is 0 Å². The summed E-state index contributed by atoms with van der Waals surface area (Å²) in [6.07, 6.45) is -0.319. The van der Waals surface area contributed by atoms with E-state index in [1.54, 1.807) is 0 Å². The number of ether oxygens (including phenoxy) is 2. The maximum absolute atomic E-state index is 11.9. The predicted molar refractivity (Wildman–Crippen MR) is 60.6 cm³/mol. The van der Waals surface area contributed by atoms with Crippen molar-refractivity contribution < 1.29 is 17.9 Å². The molecule has 1 rings (SSSR count). The van der Waals surface area contributed by atoms with Crippen LogP contribution in [0.15, 0.2) is 0 Å². The van der Waals surface area contributed by atoms with Crippen molar-refractivity contribution in [3.63, 3.8) is 0 Å². The lowest BCUT2D eigenvalue weighted by atomic mass is 10.2. The Balaban J connectivity index is 2.64. The van der Waals surface area contributed by atoms with Gasteiger partial charge in [0.05, 0.1) is 24.6 Å². The van der Waals surface area contributed by atoms with Crippen molar-refractivity contribution in [3.8, 4) is 0 Å². The van der Waals surface area contributed by atoms with Gasteiger partial charge in [-0.3, -0.25) is 0 Å². The summed E-state index contributed by atoms with van der Waals surface area (Å²) in [6, 6.07) is 0. The van der Waals surface area contributed by atoms with Gasteiger partial charge in [0.1, 0.15) is 0 Å². The normalized spacial score (nSPS) is 28.2. The molecule has 0 bridgehead atoms. The SMILES string of the molecule is COCCS(=O)(=O)N1CC(C)OC(CN)C1. The highest BCUT2D eigenvalue weighted by molar-refractivity contribution is 7.89. The third kappa shape index (κ3) is 3.67. The fourth-order valence-electron chi connectivity index (χ4n) is 1.68. The van der Waals surface area contributed by atoms with E-state index in [1.165, 1.54) is 11.4 Å². The average Bonchev–Trinajstić information content (AvgIpc) is 2.25. The third-order valence-corrected chi connectivity index (χ3v) is 4.26. The first-order valence-electron chi connectivity index (χ1n) is 5.32. The van der Waals surface area contributed by atoms with Crippen molar-refractivity contribution >= 4 is 10.0 Å². The van der Waals surface area contributed by atoms with Gasteiger partial charge in [0.15, 0.2) is 0 Å². The minimum Gasteiger partial charge on any atom is -0.384 e. The molecule has 96 valence electrons. The highest BCUT2D eigenvalue weighted by Gasteiger charge is 2.31. The Morgan fingerprint density at radius 1 is 1.50 bits per heavy atom. The van der Waals surface area contributed by atoms with Crippen LogP contribution in [0.5, 0.6) is 0 Å². The van der Waals surface area contributed by atoms with Crippen LogP contribution in [0.3, 0.4) is 0 Å². The number of nitrogens with zero attached hydrogens (tertiary/aromatic N) is 1. The van der Waals surface area contributed by atoms with Crippen LogP contribution in [0.2, 0.25) is 0 Å². The molecule has 1 fully saturated rings. The predicted octanol–water partition coefficient (Wildman–Crippen LogP) is -0.989. The number of methoxy groups -OCH3 is 1. The van der Waals surface area contributed by atoms with Crippen molar-refractivity contribution in [2.75, 3.05) is 39.1 Å². The van der Waals surface area contributed by atoms with E-state index in [0.29, 0.717) is 19.6 Å². The summed E-state index contributed by atoms with van der Waals surface area (Å²) in [7, 11) is -1.76. The Morgan fingerprint density at radius 3 is 2.75 bits per heavy atom. The van der Waals surface area contributed by atoms with Crippen LogP contribution < -0.4 is 5.73 Å². The smallest absolute Gasteiger partial charge is 0.216 e. The molecule has 0 radical (unpaired) electrons. The van der Waals surface area contributed by atoms with Gasteiger partial charge in [-0.05, 0) is 6.92 Å². The second kappa shape index (κ2) is 5.92. The quantitative estimate of drug-likeness (QED) is 0.679. The molecule has 1 aliphatic heterocycles. The Kier molecular flexibility index (Phi) is 5.13. The lowest BCUT2D eigenvalue weighted by Crippen LogP contribution is -2.52. The van der Waals surface area contributed by atoms with Crippen LogP contribution >= 0.6 is 0 Å². The maximum atomic E-state index is 11.9. The van der Waals surface area contributed by atoms with Gasteiger partial charge in [0.25, 0.3) is 0 Å². The summed E-state index contributed by atoms with van der Waals surface area (Å²) in [5.74, 6) is 0.00745. The van der Waals surface area contributed by atoms with Crippen molar-refractivity contribution in [2.24, 2.45) is 5.73 Å². The Bertz CT molecular complexity index is 307. The molecule has 0 aromatic heterocycles. The second-order valence-corrected chi connectivity index (χ2v) is 6.02. The zero-order valence-electron chi connectivity index (χ0n) is 9.76. The molecule has 1 saturated heterocycles. The van der Waals surface area contributed by atoms with Crippen LogP contribution in [0.4, 0.5) is 0 Å². The van der Waals surface area contributed by atoms with E-state index in [4.69, 9.17) is 15.2 Å². The molecular weight excluding hydrogens is 232 g/mol. The second-order valence-electron chi connectivity index (χ2n) is 3.93. The average molecular weight is 252 g/mol. The Hall–Kier alpha value is -0.210. The van der Waals surface area contributed by atoms with Gasteiger partial charge in [-0.25, -0.2) is 8.42 Å². The largest absolute Gasteiger partial charge is 0.384 e. The molecule has 6 nitrogen and oxygen atoms in total. The van der Waals surface area contributed by atoms with E-state index in [0.717, 1.165) is 0 Å². The number of nitrogens with two attached hydrogens (primary N) is 1. The van der Waals surface area contributed by atoms with E-state index in [-0.39, 0.29) is 24.6 Å². The molecule has 0 aromatic rings. The minimum absolute atomic E-state index is 0.00745. The maximum Gasteiger partial charge on any atom is 0.216 e. The van der Waals surface area contributed by atoms with E-state index < -0.39 is 10.0 Å². The molecule has 2 N–H and O–H groups in total. The first-order chi connectivity index (χ1) is 7.49. The lowest BCUT2D eigenvalue weighted by molar-refractivity contribution is -0.0487. The summed E-state index contributed by atoms with van der Waals surface area (Å²) in [6.45, 7) is 3.12. The minimum atomic E-state index is -3.25. The van der Waals surface area contributed by atoms with Gasteiger partial charge in [0.2, 0.25) is 10.0 Å². The molecule has 0 aliphatic carbocycles. The summed E-state index contributed by atoms with van der Waals surface area (Å²) in [4.78, 5) is 0. The molecule has 0 spiro atoms. The molecule has 7 heteroatoms. The molecule has 2 atom stereocenters. The van der Waals surface area contributed by atoms with Crippen molar-refractivity contribution in [1.29, 1.82) is 0 Å². The summed E-state index contributed by atoms with van der Waals surface area (Å²) < 4.78 is 35.5. The van der Waals surface area contributed by atoms with Gasteiger partial charge < -0.3 is 15.2 Å². The first kappa shape index (κ1) is 13.9. The molecule has 16 heavy (non-hydrogen) atoms. The molecular formula is C9H20N2O4S. The monoisotopic (exact) mass is 252 g/mol. The number of morpholine rings is 1. The summed E-state index contributed by atoms with van der Waals surface area (Å²) >= 11 is 0. The lowest BCUT2D eigenvalue weighted by Gasteiger charge is -2.35. The number of rotatable bonds is 5. The van der Waals surface area contributed by atoms with Gasteiger partial charge in [-0.2, -0.15) is 4.31 Å². The Morgan fingerprint density at radius 2 is 2.19 bits per heavy atom. The van der Waals surface area contributed by atoms with Gasteiger partial charge in [-0.1, -0.05) is 0 Å². The number of hydrogen-bond donors (Lipinski definition) is 1. The van der Waals surface area contributed by atoms with E-state index in [1.807, 2.05) is 6.92 Å². The molecule has 0 aromatic carbocycles. The van der Waals surface area contributed by atoms with Crippen LogP contribution in [-0.4, -0.2) is 64.0 Å². The van der Waals surface area contributed by atoms with Crippen LogP contribution in [0.1, 0.15) is 6.92 Å². The highest BCUT2D eigenvalue weighted by atomic mass is 32.2. The van der Waals surface area contributed by atoms with Crippen molar-refractivity contribution in [2.45, 2.75) is 19.1 Å². The first-order valence-corrected chi connectivity index (χ1v) is 6.92. The topological polar surface area (TPSA) is 81.9 Å². The third-order valence-electron chi connectivity index (χ3n) is 2.49. The highest BCUT2D eigenvalue weighted by Crippen LogP contribution is 2.14. The molecule has 1 aliphatic rings. The van der Waals surface area contributed by atoms with Gasteiger partial charge >= 0.3 is 0 Å². The fraction of sp³-hybridized carbons (Fsp3) is 1.00. The van der Waals surface area contributed by atoms with E-state index in [9.17, 15) is 8.42 Å².